The van der Waals surface area contributed by atoms with Crippen molar-refractivity contribution in [2.24, 2.45) is 5.73 Å². The van der Waals surface area contributed by atoms with Crippen molar-refractivity contribution in [2.75, 3.05) is 7.05 Å². The molecule has 9 heavy (non-hydrogen) atoms. The lowest BCUT2D eigenvalue weighted by atomic mass is 10.5. The fourth-order valence-electron chi connectivity index (χ4n) is 0.543. The fourth-order valence-corrected chi connectivity index (χ4v) is 0.543. The minimum Gasteiger partial charge on any atom is -0.317 e. The Morgan fingerprint density at radius 2 is 2.11 bits per heavy atom. The van der Waals surface area contributed by atoms with Gasteiger partial charge in [-0.2, -0.15) is 0 Å². The molecular formula is C6H15N3. The van der Waals surface area contributed by atoms with Crippen LogP contribution < -0.4 is 11.2 Å². The van der Waals surface area contributed by atoms with Crippen molar-refractivity contribution in [1.82, 2.24) is 10.4 Å². The Morgan fingerprint density at radius 1 is 1.56 bits per heavy atom. The first-order chi connectivity index (χ1) is 4.29. The minimum absolute atomic E-state index is 0.0185. The number of rotatable bonds is 0. The fraction of sp³-hybridized carbons (Fsp3) is 0.667. The molecule has 54 valence electrons. The van der Waals surface area contributed by atoms with Crippen molar-refractivity contribution in [3.8, 4) is 0 Å². The Kier molecular flexibility index (Phi) is 4.09. The molecule has 0 saturated carbocycles. The summed E-state index contributed by atoms with van der Waals surface area (Å²) in [4.78, 5) is 0. The maximum absolute atomic E-state index is 5.39. The van der Waals surface area contributed by atoms with Crippen molar-refractivity contribution in [3.63, 3.8) is 0 Å². The molecule has 0 fully saturated rings. The number of nitrogens with one attached hydrogen (secondary N) is 1. The van der Waals surface area contributed by atoms with E-state index in [0.29, 0.717) is 0 Å². The maximum Gasteiger partial charge on any atom is 0.0932 e. The molecule has 1 rings (SSSR count). The number of hydrogen-bond donors (Lipinski definition) is 2. The largest absolute Gasteiger partial charge is 0.317 e. The zero-order chi connectivity index (χ0) is 7.28. The van der Waals surface area contributed by atoms with Gasteiger partial charge >= 0.3 is 0 Å². The molecule has 1 aliphatic rings. The Labute approximate surface area is 56.5 Å². The van der Waals surface area contributed by atoms with Gasteiger partial charge in [-0.1, -0.05) is 13.8 Å². The van der Waals surface area contributed by atoms with E-state index in [4.69, 9.17) is 5.73 Å². The van der Waals surface area contributed by atoms with Crippen LogP contribution >= 0.6 is 0 Å². The molecule has 0 aromatic heterocycles. The number of nitrogens with zero attached hydrogens (tertiary/aromatic N) is 1. The average molecular weight is 129 g/mol. The quantitative estimate of drug-likeness (QED) is 0.493. The van der Waals surface area contributed by atoms with Crippen LogP contribution in [0.5, 0.6) is 0 Å². The lowest BCUT2D eigenvalue weighted by Crippen LogP contribution is -2.38. The lowest BCUT2D eigenvalue weighted by molar-refractivity contribution is 0.333. The molecule has 1 unspecified atom stereocenters. The highest BCUT2D eigenvalue weighted by Crippen LogP contribution is 1.89. The SMILES string of the molecule is CC.CN1C=CC(N)N1. The smallest absolute Gasteiger partial charge is 0.0932 e. The predicted octanol–water partition coefficient (Wildman–Crippen LogP) is 0.261. The van der Waals surface area contributed by atoms with Crippen LogP contribution in [-0.2, 0) is 0 Å². The first-order valence-electron chi connectivity index (χ1n) is 3.22. The van der Waals surface area contributed by atoms with E-state index < -0.39 is 0 Å². The monoisotopic (exact) mass is 129 g/mol. The van der Waals surface area contributed by atoms with Gasteiger partial charge in [-0.05, 0) is 6.08 Å². The van der Waals surface area contributed by atoms with Crippen molar-refractivity contribution in [1.29, 1.82) is 0 Å². The molecule has 3 N–H and O–H groups in total. The highest BCUT2D eigenvalue weighted by molar-refractivity contribution is 4.93. The molecule has 1 aliphatic heterocycles. The first-order valence-corrected chi connectivity index (χ1v) is 3.22. The summed E-state index contributed by atoms with van der Waals surface area (Å²) in [6.07, 6.45) is 3.80. The van der Waals surface area contributed by atoms with E-state index in [-0.39, 0.29) is 6.17 Å². The van der Waals surface area contributed by atoms with Crippen molar-refractivity contribution in [3.05, 3.63) is 12.3 Å². The van der Waals surface area contributed by atoms with Gasteiger partial charge in [0, 0.05) is 13.2 Å². The van der Waals surface area contributed by atoms with Crippen LogP contribution in [0.4, 0.5) is 0 Å². The summed E-state index contributed by atoms with van der Waals surface area (Å²) < 4.78 is 0. The van der Waals surface area contributed by atoms with E-state index in [9.17, 15) is 0 Å². The molecule has 0 aromatic carbocycles. The normalized spacial score (nSPS) is 23.6. The van der Waals surface area contributed by atoms with Crippen molar-refractivity contribution in [2.45, 2.75) is 20.0 Å². The van der Waals surface area contributed by atoms with Crippen LogP contribution in [-0.4, -0.2) is 18.2 Å². The molecule has 0 bridgehead atoms. The summed E-state index contributed by atoms with van der Waals surface area (Å²) in [5.41, 5.74) is 8.30. The molecule has 0 aromatic rings. The maximum atomic E-state index is 5.39. The zero-order valence-electron chi connectivity index (χ0n) is 6.26. The van der Waals surface area contributed by atoms with E-state index in [0.717, 1.165) is 0 Å². The van der Waals surface area contributed by atoms with Gasteiger partial charge in [0.15, 0.2) is 0 Å². The third-order valence-corrected chi connectivity index (χ3v) is 0.870. The van der Waals surface area contributed by atoms with Crippen LogP contribution in [0.3, 0.4) is 0 Å². The van der Waals surface area contributed by atoms with Crippen LogP contribution in [0.15, 0.2) is 12.3 Å². The number of hydrazine groups is 1. The molecule has 1 heterocycles. The number of hydrogen-bond acceptors (Lipinski definition) is 3. The Balaban J connectivity index is 0.000000291. The standard InChI is InChI=1S/C4H9N3.C2H6/c1-7-3-2-4(5)6-7;1-2/h2-4,6H,5H2,1H3;1-2H3. The van der Waals surface area contributed by atoms with Crippen LogP contribution in [0.25, 0.3) is 0 Å². The lowest BCUT2D eigenvalue weighted by Gasteiger charge is -2.09. The summed E-state index contributed by atoms with van der Waals surface area (Å²) >= 11 is 0. The molecule has 3 heteroatoms. The van der Waals surface area contributed by atoms with Crippen LogP contribution in [0, 0.1) is 0 Å². The Hall–Kier alpha value is -0.540. The topological polar surface area (TPSA) is 41.3 Å². The van der Waals surface area contributed by atoms with Crippen molar-refractivity contribution < 1.29 is 0 Å². The summed E-state index contributed by atoms with van der Waals surface area (Å²) in [5, 5.41) is 1.82. The van der Waals surface area contributed by atoms with Gasteiger partial charge in [-0.15, -0.1) is 0 Å². The minimum atomic E-state index is 0.0185. The summed E-state index contributed by atoms with van der Waals surface area (Å²) in [7, 11) is 1.91. The van der Waals surface area contributed by atoms with Gasteiger partial charge in [0.05, 0.1) is 6.17 Å². The second-order valence-electron chi connectivity index (χ2n) is 1.61. The summed E-state index contributed by atoms with van der Waals surface area (Å²) in [6.45, 7) is 4.00. The van der Waals surface area contributed by atoms with E-state index in [2.05, 4.69) is 5.43 Å². The molecule has 0 amide bonds. The highest BCUT2D eigenvalue weighted by atomic mass is 15.5. The van der Waals surface area contributed by atoms with Crippen LogP contribution in [0.2, 0.25) is 0 Å². The molecule has 0 aliphatic carbocycles. The molecule has 3 nitrogen and oxygen atoms in total. The molecule has 1 atom stereocenters. The second kappa shape index (κ2) is 4.35. The van der Waals surface area contributed by atoms with Crippen LogP contribution in [0.1, 0.15) is 13.8 Å². The van der Waals surface area contributed by atoms with Gasteiger partial charge in [0.1, 0.15) is 0 Å². The second-order valence-corrected chi connectivity index (χ2v) is 1.61. The molecule has 0 saturated heterocycles. The summed E-state index contributed by atoms with van der Waals surface area (Å²) in [6, 6.07) is 0. The van der Waals surface area contributed by atoms with Crippen molar-refractivity contribution >= 4 is 0 Å². The van der Waals surface area contributed by atoms with Gasteiger partial charge in [0.25, 0.3) is 0 Å². The van der Waals surface area contributed by atoms with Gasteiger partial charge in [-0.3, -0.25) is 0 Å². The van der Waals surface area contributed by atoms with Gasteiger partial charge in [-0.25, -0.2) is 5.43 Å². The highest BCUT2D eigenvalue weighted by Gasteiger charge is 2.03. The molecule has 0 radical (unpaired) electrons. The van der Waals surface area contributed by atoms with E-state index in [1.807, 2.05) is 38.2 Å². The summed E-state index contributed by atoms with van der Waals surface area (Å²) in [5.74, 6) is 0. The first kappa shape index (κ1) is 8.46. The zero-order valence-corrected chi connectivity index (χ0v) is 6.26. The van der Waals surface area contributed by atoms with Gasteiger partial charge in [0.2, 0.25) is 0 Å². The van der Waals surface area contributed by atoms with E-state index in [1.54, 1.807) is 0 Å². The van der Waals surface area contributed by atoms with E-state index >= 15 is 0 Å². The third kappa shape index (κ3) is 3.11. The Morgan fingerprint density at radius 3 is 2.22 bits per heavy atom. The third-order valence-electron chi connectivity index (χ3n) is 0.870. The average Bonchev–Trinajstić information content (AvgIpc) is 2.20. The molecule has 0 spiro atoms. The van der Waals surface area contributed by atoms with Gasteiger partial charge < -0.3 is 10.7 Å². The van der Waals surface area contributed by atoms with E-state index in [1.165, 1.54) is 0 Å². The Bertz CT molecular complexity index is 80.3. The molecular weight excluding hydrogens is 114 g/mol. The number of nitrogens with two attached hydrogens (primary N) is 1. The predicted molar refractivity (Wildman–Crippen MR) is 39.4 cm³/mol.